The maximum atomic E-state index is 12.4. The van der Waals surface area contributed by atoms with Crippen LogP contribution < -0.4 is 11.1 Å². The minimum Gasteiger partial charge on any atom is -0.352 e. The van der Waals surface area contributed by atoms with Gasteiger partial charge in [-0.15, -0.1) is 0 Å². The molecule has 20 heavy (non-hydrogen) atoms. The van der Waals surface area contributed by atoms with Crippen LogP contribution in [-0.4, -0.2) is 18.5 Å². The Morgan fingerprint density at radius 2 is 1.75 bits per heavy atom. The summed E-state index contributed by atoms with van der Waals surface area (Å²) in [6.07, 6.45) is 0.705. The number of hydrogen-bond acceptors (Lipinski definition) is 2. The van der Waals surface area contributed by atoms with Crippen LogP contribution in [0.5, 0.6) is 0 Å². The van der Waals surface area contributed by atoms with E-state index in [0.29, 0.717) is 13.0 Å². The summed E-state index contributed by atoms with van der Waals surface area (Å²) in [6, 6.07) is 10.3. The molecule has 3 N–H and O–H groups in total. The fourth-order valence-electron chi connectivity index (χ4n) is 3.00. The van der Waals surface area contributed by atoms with Gasteiger partial charge in [-0.05, 0) is 22.8 Å². The predicted molar refractivity (Wildman–Crippen MR) is 82.2 cm³/mol. The Hall–Kier alpha value is -1.35. The maximum Gasteiger partial charge on any atom is 0.224 e. The lowest BCUT2D eigenvalue weighted by Gasteiger charge is -2.16. The molecule has 0 saturated heterocycles. The molecule has 1 aromatic carbocycles. The van der Waals surface area contributed by atoms with E-state index in [1.54, 1.807) is 0 Å². The van der Waals surface area contributed by atoms with Gasteiger partial charge in [-0.3, -0.25) is 4.79 Å². The van der Waals surface area contributed by atoms with E-state index in [1.807, 2.05) is 30.3 Å². The third-order valence-electron chi connectivity index (χ3n) is 5.29. The third-order valence-corrected chi connectivity index (χ3v) is 5.29. The zero-order chi connectivity index (χ0) is 15.0. The molecule has 0 bridgehead atoms. The van der Waals surface area contributed by atoms with Crippen molar-refractivity contribution in [2.75, 3.05) is 6.54 Å². The Labute approximate surface area is 121 Å². The Morgan fingerprint density at radius 3 is 2.20 bits per heavy atom. The highest BCUT2D eigenvalue weighted by Crippen LogP contribution is 2.62. The van der Waals surface area contributed by atoms with E-state index in [1.165, 1.54) is 0 Å². The summed E-state index contributed by atoms with van der Waals surface area (Å²) in [7, 11) is 0. The van der Waals surface area contributed by atoms with Crippen LogP contribution >= 0.6 is 0 Å². The van der Waals surface area contributed by atoms with E-state index in [2.05, 4.69) is 33.0 Å². The number of benzene rings is 1. The summed E-state index contributed by atoms with van der Waals surface area (Å²) in [5.74, 6) is -0.0652. The standard InChI is InChI=1S/C17H26N2O/c1-16(2)15(17(16,3)4)19-14(20)13(11-18)10-12-8-6-5-7-9-12/h5-9,13,15H,10-11,18H2,1-4H3,(H,19,20). The van der Waals surface area contributed by atoms with E-state index in [0.717, 1.165) is 5.56 Å². The lowest BCUT2D eigenvalue weighted by Crippen LogP contribution is -2.39. The van der Waals surface area contributed by atoms with Crippen LogP contribution in [0.4, 0.5) is 0 Å². The first-order chi connectivity index (χ1) is 9.30. The maximum absolute atomic E-state index is 12.4. The van der Waals surface area contributed by atoms with Crippen LogP contribution in [-0.2, 0) is 11.2 Å². The number of carbonyl (C=O) groups is 1. The normalized spacial score (nSPS) is 21.2. The number of carbonyl (C=O) groups excluding carboxylic acids is 1. The highest BCUT2D eigenvalue weighted by molar-refractivity contribution is 5.80. The van der Waals surface area contributed by atoms with Crippen molar-refractivity contribution in [1.82, 2.24) is 5.32 Å². The van der Waals surface area contributed by atoms with E-state index in [-0.39, 0.29) is 28.7 Å². The van der Waals surface area contributed by atoms with Gasteiger partial charge in [-0.25, -0.2) is 0 Å². The first-order valence-electron chi connectivity index (χ1n) is 7.35. The van der Waals surface area contributed by atoms with Crippen LogP contribution in [0.3, 0.4) is 0 Å². The molecular weight excluding hydrogens is 248 g/mol. The first-order valence-corrected chi connectivity index (χ1v) is 7.35. The van der Waals surface area contributed by atoms with Crippen LogP contribution in [0.25, 0.3) is 0 Å². The van der Waals surface area contributed by atoms with Gasteiger partial charge in [-0.1, -0.05) is 58.0 Å². The summed E-state index contributed by atoms with van der Waals surface area (Å²) < 4.78 is 0. The zero-order valence-electron chi connectivity index (χ0n) is 12.9. The van der Waals surface area contributed by atoms with Gasteiger partial charge in [0.25, 0.3) is 0 Å². The molecular formula is C17H26N2O. The molecule has 1 aliphatic rings. The van der Waals surface area contributed by atoms with Crippen LogP contribution in [0.15, 0.2) is 30.3 Å². The molecule has 1 aliphatic carbocycles. The van der Waals surface area contributed by atoms with E-state index < -0.39 is 0 Å². The van der Waals surface area contributed by atoms with Crippen LogP contribution in [0.1, 0.15) is 33.3 Å². The van der Waals surface area contributed by atoms with Gasteiger partial charge in [0.2, 0.25) is 5.91 Å². The number of rotatable bonds is 5. The number of amides is 1. The van der Waals surface area contributed by atoms with Gasteiger partial charge in [0.1, 0.15) is 0 Å². The summed E-state index contributed by atoms with van der Waals surface area (Å²) in [4.78, 5) is 12.4. The number of nitrogens with two attached hydrogens (primary N) is 1. The van der Waals surface area contributed by atoms with Crippen molar-refractivity contribution in [2.45, 2.75) is 40.2 Å². The molecule has 1 aromatic rings. The van der Waals surface area contributed by atoms with Crippen molar-refractivity contribution in [3.8, 4) is 0 Å². The van der Waals surface area contributed by atoms with Gasteiger partial charge >= 0.3 is 0 Å². The molecule has 1 atom stereocenters. The number of hydrogen-bond donors (Lipinski definition) is 2. The van der Waals surface area contributed by atoms with Gasteiger partial charge in [0.05, 0.1) is 5.92 Å². The minimum atomic E-state index is -0.149. The fraction of sp³-hybridized carbons (Fsp3) is 0.588. The Morgan fingerprint density at radius 1 is 1.20 bits per heavy atom. The molecule has 3 nitrogen and oxygen atoms in total. The highest BCUT2D eigenvalue weighted by atomic mass is 16.2. The van der Waals surface area contributed by atoms with E-state index in [4.69, 9.17) is 5.73 Å². The Bertz CT molecular complexity index is 465. The minimum absolute atomic E-state index is 0.0833. The SMILES string of the molecule is CC1(C)C(NC(=O)C(CN)Cc2ccccc2)C1(C)C. The van der Waals surface area contributed by atoms with E-state index >= 15 is 0 Å². The van der Waals surface area contributed by atoms with Crippen molar-refractivity contribution >= 4 is 5.91 Å². The molecule has 1 amide bonds. The molecule has 0 spiro atoms. The molecule has 0 aliphatic heterocycles. The van der Waals surface area contributed by atoms with Gasteiger partial charge in [0.15, 0.2) is 0 Å². The van der Waals surface area contributed by atoms with Gasteiger partial charge < -0.3 is 11.1 Å². The largest absolute Gasteiger partial charge is 0.352 e. The molecule has 1 fully saturated rings. The fourth-order valence-corrected chi connectivity index (χ4v) is 3.00. The zero-order valence-corrected chi connectivity index (χ0v) is 12.9. The molecule has 1 saturated carbocycles. The summed E-state index contributed by atoms with van der Waals surface area (Å²) in [6.45, 7) is 9.19. The molecule has 110 valence electrons. The lowest BCUT2D eigenvalue weighted by molar-refractivity contribution is -0.125. The molecule has 0 aromatic heterocycles. The second kappa shape index (κ2) is 5.21. The summed E-state index contributed by atoms with van der Waals surface area (Å²) >= 11 is 0. The van der Waals surface area contributed by atoms with Gasteiger partial charge in [-0.2, -0.15) is 0 Å². The predicted octanol–water partition coefficient (Wildman–Crippen LogP) is 2.35. The van der Waals surface area contributed by atoms with Crippen LogP contribution in [0.2, 0.25) is 0 Å². The van der Waals surface area contributed by atoms with Gasteiger partial charge in [0, 0.05) is 12.6 Å². The molecule has 0 heterocycles. The molecule has 0 radical (unpaired) electrons. The van der Waals surface area contributed by atoms with E-state index in [9.17, 15) is 4.79 Å². The molecule has 1 unspecified atom stereocenters. The second-order valence-corrected chi connectivity index (χ2v) is 7.01. The lowest BCUT2D eigenvalue weighted by atomic mass is 9.98. The molecule has 2 rings (SSSR count). The summed E-state index contributed by atoms with van der Waals surface area (Å²) in [5, 5.41) is 3.19. The second-order valence-electron chi connectivity index (χ2n) is 7.01. The van der Waals surface area contributed by atoms with Crippen molar-refractivity contribution in [1.29, 1.82) is 0 Å². The van der Waals surface area contributed by atoms with Crippen molar-refractivity contribution in [3.63, 3.8) is 0 Å². The topological polar surface area (TPSA) is 55.1 Å². The first kappa shape index (κ1) is 15.0. The quantitative estimate of drug-likeness (QED) is 0.866. The Balaban J connectivity index is 1.97. The summed E-state index contributed by atoms with van der Waals surface area (Å²) in [5.41, 5.74) is 7.27. The number of nitrogens with one attached hydrogen (secondary N) is 1. The third kappa shape index (κ3) is 2.59. The average Bonchev–Trinajstić information content (AvgIpc) is 2.79. The Kier molecular flexibility index (Phi) is 3.92. The monoisotopic (exact) mass is 274 g/mol. The van der Waals surface area contributed by atoms with Crippen molar-refractivity contribution in [2.24, 2.45) is 22.5 Å². The smallest absolute Gasteiger partial charge is 0.224 e. The average molecular weight is 274 g/mol. The molecule has 3 heteroatoms. The van der Waals surface area contributed by atoms with Crippen molar-refractivity contribution < 1.29 is 4.79 Å². The van der Waals surface area contributed by atoms with Crippen LogP contribution in [0, 0.1) is 16.7 Å². The highest BCUT2D eigenvalue weighted by Gasteiger charge is 2.65. The van der Waals surface area contributed by atoms with Crippen molar-refractivity contribution in [3.05, 3.63) is 35.9 Å².